The van der Waals surface area contributed by atoms with Gasteiger partial charge >= 0.3 is 15.0 Å². The molecule has 0 amide bonds. The quantitative estimate of drug-likeness (QED) is 0.101. The van der Waals surface area contributed by atoms with Crippen LogP contribution in [0.5, 0.6) is 0 Å². The van der Waals surface area contributed by atoms with Crippen LogP contribution < -0.4 is 17.0 Å². The highest BCUT2D eigenvalue weighted by Gasteiger charge is 2.57. The van der Waals surface area contributed by atoms with E-state index >= 15 is 0 Å². The molecule has 0 spiro atoms. The van der Waals surface area contributed by atoms with E-state index in [1.165, 1.54) is 24.4 Å². The van der Waals surface area contributed by atoms with E-state index in [9.17, 15) is 19.1 Å². The van der Waals surface area contributed by atoms with Crippen LogP contribution in [0.2, 0.25) is 18.1 Å². The van der Waals surface area contributed by atoms with E-state index < -0.39 is 63.5 Å². The molecule has 3 saturated heterocycles. The van der Waals surface area contributed by atoms with Gasteiger partial charge in [0, 0.05) is 11.0 Å². The molecule has 0 radical (unpaired) electrons. The molecule has 9 atom stereocenters. The summed E-state index contributed by atoms with van der Waals surface area (Å²) in [5.41, 5.74) is 11.4. The van der Waals surface area contributed by atoms with Crippen molar-refractivity contribution in [3.63, 3.8) is 0 Å². The normalized spacial score (nSPS) is 29.3. The number of hydrogen-bond acceptors (Lipinski definition) is 17. The molecule has 4 aromatic rings. The Hall–Kier alpha value is -2.50. The summed E-state index contributed by atoms with van der Waals surface area (Å²) in [6.07, 6.45) is 1.86. The molecule has 7 rings (SSSR count). The summed E-state index contributed by atoms with van der Waals surface area (Å²) >= 11 is 6.91. The van der Waals surface area contributed by atoms with Gasteiger partial charge in [-0.2, -0.15) is 4.98 Å². The molecule has 20 nitrogen and oxygen atoms in total. The number of rotatable bonds is 12. The van der Waals surface area contributed by atoms with Crippen LogP contribution in [0.1, 0.15) is 38.8 Å². The molecule has 52 heavy (non-hydrogen) atoms. The molecule has 0 aliphatic carbocycles. The standard InChI is InChI=1S/C27H38N10O10P2S2Si/c1-26(2,3)52(4,5)47-17-14(7-43-48(39)40)51-24(37-12-33-16-21(37)34-25(29)35-22(16)38)18(17)46-49(41,50)44-9-27-6-13(42-8-27)23(45-27)36-11-32-15-19(28)30-10-31-20(15)36/h10-14,17-18,23-24H,6-9H2,1-5H3,(H6-,28,29,30,31,34,35,38,39,40,41,50)/p+1/t13-,14-,17?,18-,23-,24-,27-,49?/m1/s1. The molecule has 0 aromatic carbocycles. The third-order valence-corrected chi connectivity index (χ3v) is 17.7. The Labute approximate surface area is 307 Å². The van der Waals surface area contributed by atoms with Crippen molar-refractivity contribution in [2.75, 3.05) is 31.3 Å². The summed E-state index contributed by atoms with van der Waals surface area (Å²) in [6, 6.07) is 0. The maximum atomic E-state index is 12.7. The van der Waals surface area contributed by atoms with Gasteiger partial charge in [0.15, 0.2) is 37.2 Å². The van der Waals surface area contributed by atoms with Crippen LogP contribution in [-0.2, 0) is 43.8 Å². The Morgan fingerprint density at radius 1 is 1.17 bits per heavy atom. The molecule has 7 heterocycles. The fourth-order valence-electron chi connectivity index (χ4n) is 6.26. The molecule has 3 aliphatic heterocycles. The average molecular weight is 818 g/mol. The largest absolute Gasteiger partial charge is 0.694 e. The highest BCUT2D eigenvalue weighted by Crippen LogP contribution is 2.57. The van der Waals surface area contributed by atoms with Crippen LogP contribution in [-0.4, -0.2) is 106 Å². The number of hydrogen-bond donors (Lipinski definition) is 5. The summed E-state index contributed by atoms with van der Waals surface area (Å²) in [5.74, 6) is 0.101. The SMILES string of the molecule is CC(C)(C)[Si](C)(C)OC1[C@@H](OP(O)(=S)OC[C@]23CO[C@H](C2)[C@H](n2cnc4c(N)ncnc42)O3)[C@H](n2cnc3c(=O)[nH]c(N)nc32)S[C@@H]1CO[P+](=O)O. The second kappa shape index (κ2) is 13.7. The lowest BCUT2D eigenvalue weighted by Gasteiger charge is -2.41. The van der Waals surface area contributed by atoms with Crippen LogP contribution in [0, 0.1) is 0 Å². The lowest BCUT2D eigenvalue weighted by Crippen LogP contribution is -2.50. The summed E-state index contributed by atoms with van der Waals surface area (Å²) in [5, 5.41) is -1.65. The van der Waals surface area contributed by atoms with Gasteiger partial charge in [0.2, 0.25) is 5.95 Å². The number of nitrogens with zero attached hydrogens (tertiary/aromatic N) is 7. The van der Waals surface area contributed by atoms with Crippen molar-refractivity contribution < 1.29 is 41.8 Å². The van der Waals surface area contributed by atoms with Gasteiger partial charge in [-0.15, -0.1) is 21.2 Å². The van der Waals surface area contributed by atoms with Crippen molar-refractivity contribution in [2.24, 2.45) is 0 Å². The minimum absolute atomic E-state index is 0.0240. The van der Waals surface area contributed by atoms with Crippen LogP contribution in [0.4, 0.5) is 11.8 Å². The van der Waals surface area contributed by atoms with E-state index in [1.807, 2.05) is 13.1 Å². The first-order valence-corrected chi connectivity index (χ1v) is 23.7. The first-order valence-electron chi connectivity index (χ1n) is 16.1. The maximum absolute atomic E-state index is 12.7. The second-order valence-electron chi connectivity index (χ2n) is 14.4. The number of thioether (sulfide) groups is 1. The predicted molar refractivity (Wildman–Crippen MR) is 195 cm³/mol. The van der Waals surface area contributed by atoms with E-state index in [0.29, 0.717) is 17.6 Å². The minimum atomic E-state index is -4.11. The molecule has 0 saturated carbocycles. The number of aromatic amines is 1. The van der Waals surface area contributed by atoms with Crippen molar-refractivity contribution in [3.8, 4) is 0 Å². The van der Waals surface area contributed by atoms with Crippen molar-refractivity contribution in [1.29, 1.82) is 0 Å². The Morgan fingerprint density at radius 2 is 1.90 bits per heavy atom. The Bertz CT molecular complexity index is 2130. The number of H-pyrrole nitrogens is 1. The van der Waals surface area contributed by atoms with Gasteiger partial charge < -0.3 is 34.8 Å². The summed E-state index contributed by atoms with van der Waals surface area (Å²) < 4.78 is 52.0. The van der Waals surface area contributed by atoms with Gasteiger partial charge in [0.25, 0.3) is 5.56 Å². The number of anilines is 2. The first-order chi connectivity index (χ1) is 24.4. The highest BCUT2D eigenvalue weighted by atomic mass is 32.5. The Balaban J connectivity index is 1.18. The average Bonchev–Trinajstić information content (AvgIpc) is 3.87. The zero-order chi connectivity index (χ0) is 37.4. The zero-order valence-electron chi connectivity index (χ0n) is 28.7. The highest BCUT2D eigenvalue weighted by molar-refractivity contribution is 8.07. The van der Waals surface area contributed by atoms with E-state index in [4.69, 9.17) is 50.7 Å². The molecular weight excluding hydrogens is 779 g/mol. The second-order valence-corrected chi connectivity index (χ2v) is 24.0. The first kappa shape index (κ1) is 37.8. The van der Waals surface area contributed by atoms with Crippen molar-refractivity contribution >= 4 is 81.0 Å². The van der Waals surface area contributed by atoms with Crippen molar-refractivity contribution in [2.45, 2.75) is 86.1 Å². The number of nitrogens with one attached hydrogen (secondary N) is 1. The number of ether oxygens (including phenoxy) is 2. The van der Waals surface area contributed by atoms with Crippen LogP contribution in [0.3, 0.4) is 0 Å². The summed E-state index contributed by atoms with van der Waals surface area (Å²) in [4.78, 5) is 57.6. The molecule has 7 N–H and O–H groups in total. The number of nitrogen functional groups attached to an aromatic ring is 2. The summed E-state index contributed by atoms with van der Waals surface area (Å²) in [6.45, 7) is 5.95. The smallest absolute Gasteiger partial charge is 0.410 e. The van der Waals surface area contributed by atoms with Crippen molar-refractivity contribution in [3.05, 3.63) is 29.3 Å². The van der Waals surface area contributed by atoms with E-state index in [0.717, 1.165) is 0 Å². The maximum Gasteiger partial charge on any atom is 0.694 e. The van der Waals surface area contributed by atoms with Crippen LogP contribution in [0.25, 0.3) is 22.3 Å². The zero-order valence-corrected chi connectivity index (χ0v) is 33.1. The van der Waals surface area contributed by atoms with Gasteiger partial charge in [0.05, 0.1) is 37.2 Å². The summed E-state index contributed by atoms with van der Waals surface area (Å²) in [7, 11) is -5.53. The van der Waals surface area contributed by atoms with Gasteiger partial charge in [-0.3, -0.25) is 23.4 Å². The number of fused-ring (bicyclic) bond motifs is 4. The van der Waals surface area contributed by atoms with Crippen LogP contribution >= 0.6 is 26.7 Å². The molecular formula is C27H39N10O10P2S2Si+. The Kier molecular flexibility index (Phi) is 9.93. The van der Waals surface area contributed by atoms with Gasteiger partial charge in [-0.05, 0) is 29.9 Å². The Morgan fingerprint density at radius 3 is 2.63 bits per heavy atom. The number of aromatic nitrogens is 8. The van der Waals surface area contributed by atoms with Gasteiger partial charge in [0.1, 0.15) is 41.6 Å². The number of nitrogens with two attached hydrogens (primary N) is 2. The molecule has 4 aromatic heterocycles. The van der Waals surface area contributed by atoms with E-state index in [2.05, 4.69) is 50.7 Å². The number of imidazole rings is 2. The van der Waals surface area contributed by atoms with Gasteiger partial charge in [-0.1, -0.05) is 20.8 Å². The topological polar surface area (TPSA) is 272 Å². The lowest BCUT2D eigenvalue weighted by atomic mass is 10.0. The van der Waals surface area contributed by atoms with Crippen LogP contribution in [0.15, 0.2) is 23.8 Å². The molecule has 3 unspecified atom stereocenters. The predicted octanol–water partition coefficient (Wildman–Crippen LogP) is 2.47. The lowest BCUT2D eigenvalue weighted by molar-refractivity contribution is -0.180. The van der Waals surface area contributed by atoms with E-state index in [-0.39, 0.29) is 53.9 Å². The minimum Gasteiger partial charge on any atom is -0.410 e. The van der Waals surface area contributed by atoms with Crippen molar-refractivity contribution in [1.82, 2.24) is 39.0 Å². The molecule has 25 heteroatoms. The molecule has 3 aliphatic rings. The van der Waals surface area contributed by atoms with E-state index in [1.54, 1.807) is 15.5 Å². The van der Waals surface area contributed by atoms with Gasteiger partial charge in [-0.25, -0.2) is 19.9 Å². The third kappa shape index (κ3) is 7.07. The molecule has 3 fully saturated rings. The fourth-order valence-corrected chi connectivity index (χ4v) is 11.1. The monoisotopic (exact) mass is 817 g/mol. The fraction of sp³-hybridized carbons (Fsp3) is 0.630. The molecule has 2 bridgehead atoms. The molecule has 282 valence electrons. The third-order valence-electron chi connectivity index (χ3n) is 9.83.